The van der Waals surface area contributed by atoms with Crippen LogP contribution in [0.5, 0.6) is 5.75 Å². The molecule has 1 saturated carbocycles. The molecule has 2 rings (SSSR count). The van der Waals surface area contributed by atoms with E-state index < -0.39 is 11.9 Å². The Kier molecular flexibility index (Phi) is 2.41. The fourth-order valence-corrected chi connectivity index (χ4v) is 2.02. The molecule has 1 N–H and O–H groups in total. The third-order valence-corrected chi connectivity index (χ3v) is 3.28. The molecule has 1 aliphatic rings. The second-order valence-electron chi connectivity index (χ2n) is 4.99. The molecule has 86 valence electrons. The van der Waals surface area contributed by atoms with Crippen molar-refractivity contribution in [3.05, 3.63) is 29.8 Å². The molecular weight excluding hydrogens is 204 g/mol. The molecule has 0 heterocycles. The maximum absolute atomic E-state index is 11.0. The summed E-state index contributed by atoms with van der Waals surface area (Å²) in [5.41, 5.74) is 0.897. The fraction of sp³-hybridized carbons (Fsp3) is 0.462. The number of ether oxygens (including phenoxy) is 1. The Morgan fingerprint density at radius 1 is 1.31 bits per heavy atom. The zero-order valence-corrected chi connectivity index (χ0v) is 9.73. The van der Waals surface area contributed by atoms with Gasteiger partial charge in [-0.1, -0.05) is 31.5 Å². The summed E-state index contributed by atoms with van der Waals surface area (Å²) in [6.45, 7) is 5.85. The number of hydrogen-bond acceptors (Lipinski definition) is 2. The van der Waals surface area contributed by atoms with Gasteiger partial charge in [-0.05, 0) is 19.1 Å². The maximum Gasteiger partial charge on any atom is 0.310 e. The smallest absolute Gasteiger partial charge is 0.310 e. The van der Waals surface area contributed by atoms with Crippen LogP contribution in [0.1, 0.15) is 19.4 Å². The quantitative estimate of drug-likeness (QED) is 0.851. The molecule has 1 aliphatic carbocycles. The molecular formula is C13H16O3. The minimum absolute atomic E-state index is 0.215. The lowest BCUT2D eigenvalue weighted by Crippen LogP contribution is -2.07. The van der Waals surface area contributed by atoms with Gasteiger partial charge in [-0.2, -0.15) is 0 Å². The van der Waals surface area contributed by atoms with Gasteiger partial charge in [0, 0.05) is 5.41 Å². The molecule has 2 atom stereocenters. The van der Waals surface area contributed by atoms with Gasteiger partial charge in [-0.15, -0.1) is 0 Å². The number of carboxylic acids is 1. The van der Waals surface area contributed by atoms with Crippen LogP contribution in [-0.4, -0.2) is 17.2 Å². The third kappa shape index (κ3) is 1.77. The summed E-state index contributed by atoms with van der Waals surface area (Å²) in [5, 5.41) is 9.00. The van der Waals surface area contributed by atoms with Gasteiger partial charge < -0.3 is 9.84 Å². The Morgan fingerprint density at radius 3 is 2.31 bits per heavy atom. The van der Waals surface area contributed by atoms with Crippen LogP contribution in [0.25, 0.3) is 0 Å². The normalized spacial score (nSPS) is 26.2. The minimum atomic E-state index is -0.776. The van der Waals surface area contributed by atoms with Crippen molar-refractivity contribution < 1.29 is 14.6 Å². The van der Waals surface area contributed by atoms with Crippen LogP contribution in [0.2, 0.25) is 0 Å². The summed E-state index contributed by atoms with van der Waals surface area (Å²) in [7, 11) is 0. The highest BCUT2D eigenvalue weighted by Crippen LogP contribution is 2.54. The van der Waals surface area contributed by atoms with Crippen molar-refractivity contribution in [1.82, 2.24) is 0 Å². The van der Waals surface area contributed by atoms with Crippen molar-refractivity contribution in [2.45, 2.75) is 26.9 Å². The lowest BCUT2D eigenvalue weighted by atomic mass is 10.1. The molecule has 0 amide bonds. The highest BCUT2D eigenvalue weighted by atomic mass is 16.5. The lowest BCUT2D eigenvalue weighted by molar-refractivity contribution is -0.139. The van der Waals surface area contributed by atoms with E-state index in [4.69, 9.17) is 9.84 Å². The van der Waals surface area contributed by atoms with E-state index >= 15 is 0 Å². The van der Waals surface area contributed by atoms with Crippen molar-refractivity contribution in [3.8, 4) is 5.75 Å². The third-order valence-electron chi connectivity index (χ3n) is 3.28. The van der Waals surface area contributed by atoms with E-state index in [0.29, 0.717) is 0 Å². The Labute approximate surface area is 95.0 Å². The first-order valence-corrected chi connectivity index (χ1v) is 5.39. The highest BCUT2D eigenvalue weighted by molar-refractivity contribution is 5.76. The van der Waals surface area contributed by atoms with E-state index in [2.05, 4.69) is 0 Å². The van der Waals surface area contributed by atoms with Gasteiger partial charge in [0.15, 0.2) is 0 Å². The van der Waals surface area contributed by atoms with Crippen LogP contribution < -0.4 is 4.74 Å². The van der Waals surface area contributed by atoms with Gasteiger partial charge in [-0.3, -0.25) is 4.79 Å². The molecule has 1 fully saturated rings. The topological polar surface area (TPSA) is 46.5 Å². The van der Waals surface area contributed by atoms with E-state index in [1.54, 1.807) is 0 Å². The summed E-state index contributed by atoms with van der Waals surface area (Å²) < 4.78 is 5.69. The monoisotopic (exact) mass is 220 g/mol. The number of aryl methyl sites for hydroxylation is 1. The molecule has 0 saturated heterocycles. The van der Waals surface area contributed by atoms with Gasteiger partial charge in [0.1, 0.15) is 17.8 Å². The Balaban J connectivity index is 2.07. The SMILES string of the molecule is Cc1ccc(OC2C(C(=O)O)C2(C)C)cc1. The molecule has 0 radical (unpaired) electrons. The first-order valence-electron chi connectivity index (χ1n) is 5.39. The van der Waals surface area contributed by atoms with E-state index in [-0.39, 0.29) is 11.5 Å². The summed E-state index contributed by atoms with van der Waals surface area (Å²) in [6.07, 6.45) is -0.215. The Hall–Kier alpha value is -1.51. The molecule has 2 unspecified atom stereocenters. The van der Waals surface area contributed by atoms with Crippen LogP contribution in [0.4, 0.5) is 0 Å². The number of benzene rings is 1. The van der Waals surface area contributed by atoms with E-state index in [9.17, 15) is 4.79 Å². The van der Waals surface area contributed by atoms with Crippen molar-refractivity contribution in [1.29, 1.82) is 0 Å². The fourth-order valence-electron chi connectivity index (χ4n) is 2.02. The zero-order valence-electron chi connectivity index (χ0n) is 9.73. The largest absolute Gasteiger partial charge is 0.489 e. The molecule has 1 aromatic rings. The molecule has 16 heavy (non-hydrogen) atoms. The number of aliphatic carboxylic acids is 1. The highest BCUT2D eigenvalue weighted by Gasteiger charge is 2.64. The van der Waals surface area contributed by atoms with E-state index in [1.165, 1.54) is 0 Å². The van der Waals surface area contributed by atoms with Crippen LogP contribution in [0, 0.1) is 18.3 Å². The summed E-state index contributed by atoms with van der Waals surface area (Å²) in [5.74, 6) is -0.427. The van der Waals surface area contributed by atoms with Crippen LogP contribution in [0.15, 0.2) is 24.3 Å². The van der Waals surface area contributed by atoms with Crippen molar-refractivity contribution >= 4 is 5.97 Å². The van der Waals surface area contributed by atoms with Crippen molar-refractivity contribution in [2.24, 2.45) is 11.3 Å². The predicted molar refractivity (Wildman–Crippen MR) is 60.5 cm³/mol. The lowest BCUT2D eigenvalue weighted by Gasteiger charge is -2.07. The molecule has 3 nitrogen and oxygen atoms in total. The van der Waals surface area contributed by atoms with Crippen LogP contribution in [0.3, 0.4) is 0 Å². The number of hydrogen-bond donors (Lipinski definition) is 1. The Morgan fingerprint density at radius 2 is 1.88 bits per heavy atom. The van der Waals surface area contributed by atoms with Gasteiger partial charge in [0.05, 0.1) is 0 Å². The van der Waals surface area contributed by atoms with Crippen LogP contribution >= 0.6 is 0 Å². The zero-order chi connectivity index (χ0) is 11.9. The molecule has 0 aromatic heterocycles. The average Bonchev–Trinajstić information content (AvgIpc) is 2.72. The van der Waals surface area contributed by atoms with E-state index in [1.807, 2.05) is 45.0 Å². The van der Waals surface area contributed by atoms with Crippen molar-refractivity contribution in [2.75, 3.05) is 0 Å². The Bertz CT molecular complexity index is 406. The van der Waals surface area contributed by atoms with E-state index in [0.717, 1.165) is 11.3 Å². The predicted octanol–water partition coefficient (Wildman–Crippen LogP) is 2.48. The standard InChI is InChI=1S/C13H16O3/c1-8-4-6-9(7-5-8)16-11-10(12(14)15)13(11,2)3/h4-7,10-11H,1-3H3,(H,14,15). The summed E-state index contributed by atoms with van der Waals surface area (Å²) >= 11 is 0. The van der Waals surface area contributed by atoms with Gasteiger partial charge in [0.25, 0.3) is 0 Å². The first-order chi connectivity index (χ1) is 7.43. The second kappa shape index (κ2) is 3.51. The first kappa shape index (κ1) is 11.0. The molecule has 0 bridgehead atoms. The second-order valence-corrected chi connectivity index (χ2v) is 4.99. The van der Waals surface area contributed by atoms with Gasteiger partial charge >= 0.3 is 5.97 Å². The molecule has 0 spiro atoms. The summed E-state index contributed by atoms with van der Waals surface area (Å²) in [6, 6.07) is 7.67. The van der Waals surface area contributed by atoms with Gasteiger partial charge in [0.2, 0.25) is 0 Å². The molecule has 0 aliphatic heterocycles. The summed E-state index contributed by atoms with van der Waals surface area (Å²) in [4.78, 5) is 11.0. The van der Waals surface area contributed by atoms with Crippen molar-refractivity contribution in [3.63, 3.8) is 0 Å². The average molecular weight is 220 g/mol. The molecule has 1 aromatic carbocycles. The molecule has 3 heteroatoms. The number of rotatable bonds is 3. The van der Waals surface area contributed by atoms with Crippen LogP contribution in [-0.2, 0) is 4.79 Å². The maximum atomic E-state index is 11.0. The number of carbonyl (C=O) groups is 1. The number of carboxylic acid groups (broad SMARTS) is 1. The minimum Gasteiger partial charge on any atom is -0.489 e. The van der Waals surface area contributed by atoms with Gasteiger partial charge in [-0.25, -0.2) is 0 Å².